The average molecular weight is 271 g/mol. The Morgan fingerprint density at radius 3 is 2.89 bits per heavy atom. The molecule has 1 amide bonds. The third kappa shape index (κ3) is 3.21. The second-order valence-electron chi connectivity index (χ2n) is 4.74. The van der Waals surface area contributed by atoms with Crippen LogP contribution in [-0.4, -0.2) is 11.9 Å². The minimum absolute atomic E-state index is 0.0742. The van der Waals surface area contributed by atoms with Crippen molar-refractivity contribution in [2.45, 2.75) is 31.7 Å². The van der Waals surface area contributed by atoms with Crippen molar-refractivity contribution in [2.75, 3.05) is 5.32 Å². The van der Waals surface area contributed by atoms with E-state index >= 15 is 0 Å². The van der Waals surface area contributed by atoms with Gasteiger partial charge in [-0.15, -0.1) is 0 Å². The van der Waals surface area contributed by atoms with Crippen LogP contribution >= 0.6 is 11.6 Å². The molecule has 1 fully saturated rings. The maximum absolute atomic E-state index is 12.9. The number of anilines is 1. The van der Waals surface area contributed by atoms with E-state index in [4.69, 9.17) is 17.3 Å². The Kier molecular flexibility index (Phi) is 4.19. The highest BCUT2D eigenvalue weighted by Gasteiger charge is 2.25. The van der Waals surface area contributed by atoms with Gasteiger partial charge in [-0.2, -0.15) is 0 Å². The molecule has 0 heterocycles. The zero-order valence-electron chi connectivity index (χ0n) is 9.96. The normalized spacial score (nSPS) is 23.7. The van der Waals surface area contributed by atoms with E-state index in [0.717, 1.165) is 19.3 Å². The van der Waals surface area contributed by atoms with Gasteiger partial charge in [0.2, 0.25) is 5.91 Å². The number of rotatable bonds is 2. The lowest BCUT2D eigenvalue weighted by Crippen LogP contribution is -2.34. The number of hydrogen-bond acceptors (Lipinski definition) is 2. The molecule has 1 aromatic carbocycles. The molecule has 18 heavy (non-hydrogen) atoms. The minimum Gasteiger partial charge on any atom is -0.328 e. The van der Waals surface area contributed by atoms with Crippen LogP contribution in [0.3, 0.4) is 0 Å². The van der Waals surface area contributed by atoms with Gasteiger partial charge in [0, 0.05) is 12.0 Å². The third-order valence-electron chi connectivity index (χ3n) is 3.27. The van der Waals surface area contributed by atoms with Crippen LogP contribution in [-0.2, 0) is 4.79 Å². The fourth-order valence-electron chi connectivity index (χ4n) is 2.29. The molecule has 0 aromatic heterocycles. The average Bonchev–Trinajstić information content (AvgIpc) is 2.32. The fraction of sp³-hybridized carbons (Fsp3) is 0.462. The van der Waals surface area contributed by atoms with Gasteiger partial charge in [-0.25, -0.2) is 4.39 Å². The summed E-state index contributed by atoms with van der Waals surface area (Å²) in [6.07, 6.45) is 3.49. The summed E-state index contributed by atoms with van der Waals surface area (Å²) in [6, 6.07) is 4.02. The number of amides is 1. The van der Waals surface area contributed by atoms with Crippen molar-refractivity contribution >= 4 is 23.2 Å². The second kappa shape index (κ2) is 5.67. The Morgan fingerprint density at radius 2 is 2.22 bits per heavy atom. The maximum atomic E-state index is 12.9. The largest absolute Gasteiger partial charge is 0.328 e. The molecule has 1 aliphatic rings. The van der Waals surface area contributed by atoms with Gasteiger partial charge in [0.25, 0.3) is 0 Å². The summed E-state index contributed by atoms with van der Waals surface area (Å²) in [6.45, 7) is 0. The summed E-state index contributed by atoms with van der Waals surface area (Å²) in [5.74, 6) is -0.578. The Morgan fingerprint density at radius 1 is 1.44 bits per heavy atom. The number of benzene rings is 1. The quantitative estimate of drug-likeness (QED) is 0.868. The van der Waals surface area contributed by atoms with E-state index < -0.39 is 5.82 Å². The van der Waals surface area contributed by atoms with Crippen molar-refractivity contribution in [1.82, 2.24) is 0 Å². The molecular weight excluding hydrogens is 255 g/mol. The minimum atomic E-state index is -0.419. The predicted octanol–water partition coefficient (Wildman–Crippen LogP) is 2.94. The molecule has 0 saturated heterocycles. The first-order valence-corrected chi connectivity index (χ1v) is 6.45. The summed E-state index contributed by atoms with van der Waals surface area (Å²) >= 11 is 5.86. The first-order chi connectivity index (χ1) is 8.56. The summed E-state index contributed by atoms with van der Waals surface area (Å²) in [5, 5.41) is 2.95. The maximum Gasteiger partial charge on any atom is 0.227 e. The van der Waals surface area contributed by atoms with E-state index in [1.165, 1.54) is 18.2 Å². The summed E-state index contributed by atoms with van der Waals surface area (Å²) in [7, 11) is 0. The highest BCUT2D eigenvalue weighted by atomic mass is 35.5. The fourth-order valence-corrected chi connectivity index (χ4v) is 2.51. The van der Waals surface area contributed by atoms with Crippen molar-refractivity contribution in [3.05, 3.63) is 29.0 Å². The standard InChI is InChI=1S/C13H16ClFN2O/c14-11-7-9(15)4-5-12(11)17-13(18)8-2-1-3-10(16)6-8/h4-5,7-8,10H,1-3,6,16H2,(H,17,18). The molecule has 0 spiro atoms. The third-order valence-corrected chi connectivity index (χ3v) is 3.59. The molecule has 0 radical (unpaired) electrons. The molecule has 2 unspecified atom stereocenters. The number of halogens is 2. The smallest absolute Gasteiger partial charge is 0.227 e. The first-order valence-electron chi connectivity index (χ1n) is 6.08. The van der Waals surface area contributed by atoms with Crippen LogP contribution in [0.25, 0.3) is 0 Å². The van der Waals surface area contributed by atoms with Gasteiger partial charge >= 0.3 is 0 Å². The van der Waals surface area contributed by atoms with Crippen molar-refractivity contribution in [3.8, 4) is 0 Å². The summed E-state index contributed by atoms with van der Waals surface area (Å²) in [5.41, 5.74) is 6.30. The molecular formula is C13H16ClFN2O. The zero-order chi connectivity index (χ0) is 13.1. The summed E-state index contributed by atoms with van der Waals surface area (Å²) in [4.78, 5) is 12.0. The van der Waals surface area contributed by atoms with E-state index in [-0.39, 0.29) is 22.9 Å². The van der Waals surface area contributed by atoms with E-state index in [9.17, 15) is 9.18 Å². The molecule has 5 heteroatoms. The summed E-state index contributed by atoms with van der Waals surface area (Å²) < 4.78 is 12.9. The number of nitrogens with two attached hydrogens (primary N) is 1. The number of hydrogen-bond donors (Lipinski definition) is 2. The van der Waals surface area contributed by atoms with Gasteiger partial charge in [0.1, 0.15) is 5.82 Å². The highest BCUT2D eigenvalue weighted by Crippen LogP contribution is 2.27. The topological polar surface area (TPSA) is 55.1 Å². The number of carbonyl (C=O) groups excluding carboxylic acids is 1. The molecule has 3 N–H and O–H groups in total. The molecule has 0 bridgehead atoms. The molecule has 2 atom stereocenters. The lowest BCUT2D eigenvalue weighted by molar-refractivity contribution is -0.120. The molecule has 1 aromatic rings. The molecule has 98 valence electrons. The van der Waals surface area contributed by atoms with Crippen LogP contribution in [0, 0.1) is 11.7 Å². The predicted molar refractivity (Wildman–Crippen MR) is 70.0 cm³/mol. The van der Waals surface area contributed by atoms with Gasteiger partial charge in [0.15, 0.2) is 0 Å². The van der Waals surface area contributed by atoms with E-state index in [1.807, 2.05) is 0 Å². The van der Waals surface area contributed by atoms with Crippen LogP contribution in [0.15, 0.2) is 18.2 Å². The Balaban J connectivity index is 2.02. The van der Waals surface area contributed by atoms with E-state index in [1.54, 1.807) is 0 Å². The highest BCUT2D eigenvalue weighted by molar-refractivity contribution is 6.33. The first kappa shape index (κ1) is 13.3. The Hall–Kier alpha value is -1.13. The van der Waals surface area contributed by atoms with Crippen LogP contribution in [0.4, 0.5) is 10.1 Å². The molecule has 0 aliphatic heterocycles. The monoisotopic (exact) mass is 270 g/mol. The zero-order valence-corrected chi connectivity index (χ0v) is 10.7. The lowest BCUT2D eigenvalue weighted by atomic mass is 9.85. The van der Waals surface area contributed by atoms with Crippen molar-refractivity contribution in [2.24, 2.45) is 11.7 Å². The number of carbonyl (C=O) groups is 1. The van der Waals surface area contributed by atoms with Crippen molar-refractivity contribution < 1.29 is 9.18 Å². The van der Waals surface area contributed by atoms with Gasteiger partial charge < -0.3 is 11.1 Å². The van der Waals surface area contributed by atoms with Gasteiger partial charge in [-0.05, 0) is 37.5 Å². The van der Waals surface area contributed by atoms with Gasteiger partial charge in [-0.1, -0.05) is 18.0 Å². The van der Waals surface area contributed by atoms with Crippen molar-refractivity contribution in [3.63, 3.8) is 0 Å². The van der Waals surface area contributed by atoms with E-state index in [0.29, 0.717) is 12.1 Å². The van der Waals surface area contributed by atoms with Gasteiger partial charge in [-0.3, -0.25) is 4.79 Å². The molecule has 3 nitrogen and oxygen atoms in total. The molecule has 1 saturated carbocycles. The van der Waals surface area contributed by atoms with Crippen molar-refractivity contribution in [1.29, 1.82) is 0 Å². The second-order valence-corrected chi connectivity index (χ2v) is 5.14. The molecule has 2 rings (SSSR count). The Bertz CT molecular complexity index is 453. The van der Waals surface area contributed by atoms with Crippen LogP contribution in [0.1, 0.15) is 25.7 Å². The van der Waals surface area contributed by atoms with E-state index in [2.05, 4.69) is 5.32 Å². The Labute approximate surface area is 111 Å². The van der Waals surface area contributed by atoms with Crippen LogP contribution in [0.5, 0.6) is 0 Å². The van der Waals surface area contributed by atoms with Gasteiger partial charge in [0.05, 0.1) is 10.7 Å². The lowest BCUT2D eigenvalue weighted by Gasteiger charge is -2.25. The van der Waals surface area contributed by atoms with Crippen LogP contribution in [0.2, 0.25) is 5.02 Å². The van der Waals surface area contributed by atoms with Crippen LogP contribution < -0.4 is 11.1 Å². The number of nitrogens with one attached hydrogen (secondary N) is 1. The molecule has 1 aliphatic carbocycles. The SMILES string of the molecule is NC1CCCC(C(=O)Nc2ccc(F)cc2Cl)C1.